The van der Waals surface area contributed by atoms with E-state index in [1.54, 1.807) is 6.20 Å². The van der Waals surface area contributed by atoms with Gasteiger partial charge in [0.25, 0.3) is 0 Å². The summed E-state index contributed by atoms with van der Waals surface area (Å²) in [5.41, 5.74) is 5.13. The predicted octanol–water partition coefficient (Wildman–Crippen LogP) is 4.60. The van der Waals surface area contributed by atoms with E-state index in [4.69, 9.17) is 4.74 Å². The summed E-state index contributed by atoms with van der Waals surface area (Å²) >= 11 is 0. The summed E-state index contributed by atoms with van der Waals surface area (Å²) in [6.45, 7) is 13.6. The average molecular weight is 505 g/mol. The fourth-order valence-electron chi connectivity index (χ4n) is 6.90. The first kappa shape index (κ1) is 24.5. The lowest BCUT2D eigenvalue weighted by Gasteiger charge is -2.45. The molecule has 1 aromatic heterocycles. The van der Waals surface area contributed by atoms with Crippen molar-refractivity contribution < 1.29 is 9.53 Å². The fraction of sp³-hybridized carbons (Fsp3) is 0.586. The molecule has 2 aromatic rings. The van der Waals surface area contributed by atoms with Crippen LogP contribution in [0.15, 0.2) is 42.7 Å². The Bertz CT molecular complexity index is 1150. The number of likely N-dealkylation sites (tertiary alicyclic amines) is 2. The van der Waals surface area contributed by atoms with E-state index in [1.807, 2.05) is 17.9 Å². The molecule has 4 fully saturated rings. The standard InChI is InChI=1S/C29H40N6O2/c1-21(2)30-27-9-14-35(31-27)28(36)32-15-11-29(12-16-32)10-4-13-34(29)18-23-6-5-22(3)17-26(23)33-19-24-7-8-25(20-33)37-24/h5-6,9,14,17,24-25H,1,4,7-8,10-13,15-16,18-20H2,2-3H3,(H,30,31). The van der Waals surface area contributed by atoms with Crippen LogP contribution in [0.3, 0.4) is 0 Å². The molecular formula is C29H40N6O2. The third-order valence-electron chi connectivity index (χ3n) is 8.82. The van der Waals surface area contributed by atoms with Crippen molar-refractivity contribution in [2.45, 2.75) is 76.7 Å². The van der Waals surface area contributed by atoms with E-state index in [9.17, 15) is 4.79 Å². The lowest BCUT2D eigenvalue weighted by Crippen LogP contribution is -2.53. The van der Waals surface area contributed by atoms with E-state index in [1.165, 1.54) is 47.2 Å². The van der Waals surface area contributed by atoms with Crippen molar-refractivity contribution in [1.29, 1.82) is 0 Å². The molecule has 0 aliphatic carbocycles. The van der Waals surface area contributed by atoms with Crippen molar-refractivity contribution in [1.82, 2.24) is 19.6 Å². The second kappa shape index (κ2) is 9.80. The number of nitrogens with zero attached hydrogens (tertiary/aromatic N) is 5. The van der Waals surface area contributed by atoms with Gasteiger partial charge in [0, 0.05) is 61.9 Å². The molecule has 5 heterocycles. The summed E-state index contributed by atoms with van der Waals surface area (Å²) in [6, 6.07) is 8.76. The molecule has 4 saturated heterocycles. The number of ether oxygens (including phenoxy) is 1. The van der Waals surface area contributed by atoms with Crippen LogP contribution in [0.2, 0.25) is 0 Å². The minimum Gasteiger partial charge on any atom is -0.371 e. The molecule has 198 valence electrons. The number of anilines is 2. The first-order chi connectivity index (χ1) is 17.9. The molecule has 0 saturated carbocycles. The molecule has 2 bridgehead atoms. The van der Waals surface area contributed by atoms with Crippen LogP contribution >= 0.6 is 0 Å². The number of amides is 1. The fourth-order valence-corrected chi connectivity index (χ4v) is 6.90. The van der Waals surface area contributed by atoms with E-state index >= 15 is 0 Å². The van der Waals surface area contributed by atoms with Gasteiger partial charge in [-0.25, -0.2) is 4.79 Å². The molecule has 37 heavy (non-hydrogen) atoms. The maximum Gasteiger partial charge on any atom is 0.344 e. The Kier molecular flexibility index (Phi) is 6.49. The number of aromatic nitrogens is 2. The number of benzene rings is 1. The number of carbonyl (C=O) groups is 1. The SMILES string of the molecule is C=C(C)Nc1ccn(C(=O)N2CCC3(CCCN3Cc3ccc(C)cc3N3CC4CCC(C3)O4)CC2)n1. The van der Waals surface area contributed by atoms with Gasteiger partial charge in [0.2, 0.25) is 0 Å². The monoisotopic (exact) mass is 504 g/mol. The third kappa shape index (κ3) is 4.89. The van der Waals surface area contributed by atoms with Crippen molar-refractivity contribution in [2.24, 2.45) is 0 Å². The highest BCUT2D eigenvalue weighted by Gasteiger charge is 2.44. The van der Waals surface area contributed by atoms with Gasteiger partial charge >= 0.3 is 6.03 Å². The number of allylic oxidation sites excluding steroid dienone is 1. The summed E-state index contributed by atoms with van der Waals surface area (Å²) in [6.07, 6.45) is 9.35. The van der Waals surface area contributed by atoms with E-state index in [2.05, 4.69) is 51.9 Å². The Morgan fingerprint density at radius 2 is 1.89 bits per heavy atom. The summed E-state index contributed by atoms with van der Waals surface area (Å²) in [4.78, 5) is 20.4. The highest BCUT2D eigenvalue weighted by molar-refractivity contribution is 5.76. The minimum atomic E-state index is -0.0445. The van der Waals surface area contributed by atoms with Gasteiger partial charge in [-0.15, -0.1) is 5.10 Å². The van der Waals surface area contributed by atoms with Crippen LogP contribution in [0, 0.1) is 6.92 Å². The third-order valence-corrected chi connectivity index (χ3v) is 8.82. The van der Waals surface area contributed by atoms with Gasteiger partial charge in [0.15, 0.2) is 5.82 Å². The molecule has 1 spiro atoms. The number of carbonyl (C=O) groups excluding carboxylic acids is 1. The quantitative estimate of drug-likeness (QED) is 0.642. The van der Waals surface area contributed by atoms with Crippen LogP contribution in [0.25, 0.3) is 0 Å². The van der Waals surface area contributed by atoms with Gasteiger partial charge in [0.1, 0.15) is 0 Å². The topological polar surface area (TPSA) is 65.9 Å². The normalized spacial score (nSPS) is 25.1. The molecule has 4 aliphatic rings. The lowest BCUT2D eigenvalue weighted by atomic mass is 9.84. The van der Waals surface area contributed by atoms with E-state index < -0.39 is 0 Å². The molecule has 0 radical (unpaired) electrons. The Labute approximate surface area is 220 Å². The lowest BCUT2D eigenvalue weighted by molar-refractivity contribution is 0.0301. The molecule has 2 unspecified atom stereocenters. The Hall–Kier alpha value is -2.84. The first-order valence-electron chi connectivity index (χ1n) is 13.9. The van der Waals surface area contributed by atoms with Crippen molar-refractivity contribution in [3.05, 3.63) is 53.9 Å². The van der Waals surface area contributed by atoms with Gasteiger partial charge in [-0.3, -0.25) is 4.90 Å². The molecule has 1 amide bonds. The Morgan fingerprint density at radius 1 is 1.14 bits per heavy atom. The number of aryl methyl sites for hydroxylation is 1. The summed E-state index contributed by atoms with van der Waals surface area (Å²) in [5, 5.41) is 7.47. The molecule has 1 aromatic carbocycles. The number of hydrogen-bond donors (Lipinski definition) is 1. The number of rotatable bonds is 5. The molecule has 8 nitrogen and oxygen atoms in total. The Morgan fingerprint density at radius 3 is 2.62 bits per heavy atom. The van der Waals surface area contributed by atoms with E-state index in [0.29, 0.717) is 18.0 Å². The van der Waals surface area contributed by atoms with Gasteiger partial charge in [0.05, 0.1) is 12.2 Å². The molecule has 6 rings (SSSR count). The molecular weight excluding hydrogens is 464 g/mol. The maximum absolute atomic E-state index is 13.1. The number of piperidine rings is 1. The Balaban J connectivity index is 1.14. The van der Waals surface area contributed by atoms with Crippen LogP contribution in [0.1, 0.15) is 56.6 Å². The molecule has 8 heteroatoms. The average Bonchev–Trinajstić information content (AvgIpc) is 3.59. The minimum absolute atomic E-state index is 0.0445. The maximum atomic E-state index is 13.1. The highest BCUT2D eigenvalue weighted by atomic mass is 16.5. The summed E-state index contributed by atoms with van der Waals surface area (Å²) < 4.78 is 7.57. The van der Waals surface area contributed by atoms with Gasteiger partial charge in [-0.1, -0.05) is 18.7 Å². The second-order valence-corrected chi connectivity index (χ2v) is 11.6. The van der Waals surface area contributed by atoms with Gasteiger partial charge in [-0.2, -0.15) is 4.68 Å². The van der Waals surface area contributed by atoms with Crippen LogP contribution in [-0.2, 0) is 11.3 Å². The van der Waals surface area contributed by atoms with E-state index in [-0.39, 0.29) is 11.6 Å². The number of fused-ring (bicyclic) bond motifs is 2. The van der Waals surface area contributed by atoms with Crippen LogP contribution in [0.5, 0.6) is 0 Å². The van der Waals surface area contributed by atoms with Gasteiger partial charge < -0.3 is 19.9 Å². The van der Waals surface area contributed by atoms with Crippen molar-refractivity contribution in [3.8, 4) is 0 Å². The summed E-state index contributed by atoms with van der Waals surface area (Å²) in [7, 11) is 0. The zero-order chi connectivity index (χ0) is 25.6. The zero-order valence-corrected chi connectivity index (χ0v) is 22.3. The summed E-state index contributed by atoms with van der Waals surface area (Å²) in [5.74, 6) is 0.651. The smallest absolute Gasteiger partial charge is 0.344 e. The number of hydrogen-bond acceptors (Lipinski definition) is 6. The highest BCUT2D eigenvalue weighted by Crippen LogP contribution is 2.41. The molecule has 1 N–H and O–H groups in total. The number of nitrogens with one attached hydrogen (secondary N) is 1. The number of morpholine rings is 1. The second-order valence-electron chi connectivity index (χ2n) is 11.6. The van der Waals surface area contributed by atoms with Crippen molar-refractivity contribution >= 4 is 17.5 Å². The molecule has 2 atom stereocenters. The van der Waals surface area contributed by atoms with Crippen molar-refractivity contribution in [3.63, 3.8) is 0 Å². The van der Waals surface area contributed by atoms with Crippen molar-refractivity contribution in [2.75, 3.05) is 42.9 Å². The van der Waals surface area contributed by atoms with Crippen LogP contribution in [0.4, 0.5) is 16.3 Å². The van der Waals surface area contributed by atoms with E-state index in [0.717, 1.165) is 57.8 Å². The van der Waals surface area contributed by atoms with Gasteiger partial charge in [-0.05, 0) is 76.1 Å². The molecule has 4 aliphatic heterocycles. The largest absolute Gasteiger partial charge is 0.371 e. The predicted molar refractivity (Wildman–Crippen MR) is 146 cm³/mol. The van der Waals surface area contributed by atoms with Crippen LogP contribution < -0.4 is 10.2 Å². The van der Waals surface area contributed by atoms with Crippen LogP contribution in [-0.4, -0.2) is 76.1 Å². The zero-order valence-electron chi connectivity index (χ0n) is 22.3. The first-order valence-corrected chi connectivity index (χ1v) is 13.9.